The van der Waals surface area contributed by atoms with Crippen molar-refractivity contribution in [2.45, 2.75) is 25.5 Å². The highest BCUT2D eigenvalue weighted by molar-refractivity contribution is 6.35. The third-order valence-corrected chi connectivity index (χ3v) is 3.74. The molecule has 0 aliphatic carbocycles. The summed E-state index contributed by atoms with van der Waals surface area (Å²) in [5.41, 5.74) is 0.964. The molecule has 1 aromatic rings. The molecule has 2 rings (SSSR count). The van der Waals surface area contributed by atoms with Crippen molar-refractivity contribution in [1.82, 2.24) is 10.6 Å². The van der Waals surface area contributed by atoms with E-state index in [0.717, 1.165) is 12.1 Å². The van der Waals surface area contributed by atoms with Gasteiger partial charge < -0.3 is 15.4 Å². The fourth-order valence-corrected chi connectivity index (χ4v) is 2.62. The zero-order valence-electron chi connectivity index (χ0n) is 11.3. The largest absolute Gasteiger partial charge is 0.366 e. The van der Waals surface area contributed by atoms with Gasteiger partial charge in [-0.25, -0.2) is 0 Å². The Kier molecular flexibility index (Phi) is 5.66. The molecule has 0 aromatic heterocycles. The maximum Gasteiger partial charge on any atom is 0.250 e. The summed E-state index contributed by atoms with van der Waals surface area (Å²) in [5.74, 6) is -0.0882. The third-order valence-electron chi connectivity index (χ3n) is 3.15. The average Bonchev–Trinajstić information content (AvgIpc) is 2.43. The van der Waals surface area contributed by atoms with E-state index in [-0.39, 0.29) is 11.9 Å². The summed E-state index contributed by atoms with van der Waals surface area (Å²) in [6, 6.07) is 5.37. The molecule has 2 N–H and O–H groups in total. The van der Waals surface area contributed by atoms with Crippen LogP contribution in [0, 0.1) is 0 Å². The van der Waals surface area contributed by atoms with Gasteiger partial charge in [-0.05, 0) is 31.0 Å². The van der Waals surface area contributed by atoms with Crippen molar-refractivity contribution in [3.63, 3.8) is 0 Å². The summed E-state index contributed by atoms with van der Waals surface area (Å²) in [7, 11) is 0. The number of halogens is 2. The van der Waals surface area contributed by atoms with Gasteiger partial charge in [0.1, 0.15) is 6.10 Å². The average molecular weight is 317 g/mol. The van der Waals surface area contributed by atoms with Crippen LogP contribution in [0.25, 0.3) is 0 Å². The molecular formula is C14H18Cl2N2O2. The predicted molar refractivity (Wildman–Crippen MR) is 80.4 cm³/mol. The van der Waals surface area contributed by atoms with E-state index in [1.165, 1.54) is 0 Å². The van der Waals surface area contributed by atoms with Crippen molar-refractivity contribution < 1.29 is 9.53 Å². The van der Waals surface area contributed by atoms with Crippen LogP contribution in [0.2, 0.25) is 10.0 Å². The van der Waals surface area contributed by atoms with Gasteiger partial charge in [0.15, 0.2) is 0 Å². The van der Waals surface area contributed by atoms with Gasteiger partial charge in [0, 0.05) is 29.2 Å². The summed E-state index contributed by atoms with van der Waals surface area (Å²) in [6.07, 6.45) is 0.244. The van der Waals surface area contributed by atoms with E-state index in [1.54, 1.807) is 12.1 Å². The Labute approximate surface area is 128 Å². The van der Waals surface area contributed by atoms with Crippen molar-refractivity contribution >= 4 is 29.1 Å². The second-order valence-corrected chi connectivity index (χ2v) is 5.76. The molecule has 1 saturated heterocycles. The number of hydrogen-bond donors (Lipinski definition) is 2. The molecule has 0 saturated carbocycles. The Balaban J connectivity index is 1.88. The van der Waals surface area contributed by atoms with Gasteiger partial charge in [-0.2, -0.15) is 0 Å². The molecule has 0 spiro atoms. The summed E-state index contributed by atoms with van der Waals surface area (Å²) >= 11 is 12.0. The van der Waals surface area contributed by atoms with E-state index < -0.39 is 6.10 Å². The lowest BCUT2D eigenvalue weighted by Gasteiger charge is -2.24. The van der Waals surface area contributed by atoms with Gasteiger partial charge in [-0.3, -0.25) is 4.79 Å². The Bertz CT molecular complexity index is 476. The minimum absolute atomic E-state index is 0.0216. The van der Waals surface area contributed by atoms with Crippen molar-refractivity contribution in [2.24, 2.45) is 0 Å². The fraction of sp³-hybridized carbons (Fsp3) is 0.500. The van der Waals surface area contributed by atoms with Crippen LogP contribution in [0.4, 0.5) is 0 Å². The molecule has 0 radical (unpaired) electrons. The van der Waals surface area contributed by atoms with Crippen LogP contribution >= 0.6 is 23.2 Å². The van der Waals surface area contributed by atoms with Gasteiger partial charge >= 0.3 is 0 Å². The van der Waals surface area contributed by atoms with Gasteiger partial charge in [-0.1, -0.05) is 29.3 Å². The van der Waals surface area contributed by atoms with Crippen LogP contribution < -0.4 is 10.6 Å². The number of rotatable bonds is 4. The van der Waals surface area contributed by atoms with Gasteiger partial charge in [0.2, 0.25) is 0 Å². The molecular weight excluding hydrogens is 299 g/mol. The van der Waals surface area contributed by atoms with E-state index in [4.69, 9.17) is 27.9 Å². The van der Waals surface area contributed by atoms with E-state index in [1.807, 2.05) is 13.0 Å². The monoisotopic (exact) mass is 316 g/mol. The summed E-state index contributed by atoms with van der Waals surface area (Å²) in [6.45, 7) is 3.86. The molecule has 2 unspecified atom stereocenters. The zero-order valence-corrected chi connectivity index (χ0v) is 12.8. The summed E-state index contributed by atoms with van der Waals surface area (Å²) in [5, 5.41) is 7.30. The van der Waals surface area contributed by atoms with Crippen LogP contribution in [0.15, 0.2) is 18.2 Å². The Morgan fingerprint density at radius 1 is 1.55 bits per heavy atom. The van der Waals surface area contributed by atoms with E-state index in [9.17, 15) is 4.79 Å². The molecule has 1 fully saturated rings. The first-order valence-corrected chi connectivity index (χ1v) is 7.38. The van der Waals surface area contributed by atoms with Gasteiger partial charge in [0.25, 0.3) is 5.91 Å². The smallest absolute Gasteiger partial charge is 0.250 e. The highest BCUT2D eigenvalue weighted by atomic mass is 35.5. The van der Waals surface area contributed by atoms with E-state index in [2.05, 4.69) is 10.6 Å². The Morgan fingerprint density at radius 3 is 3.00 bits per heavy atom. The molecule has 2 atom stereocenters. The number of carbonyl (C=O) groups excluding carboxylic acids is 1. The number of benzene rings is 1. The fourth-order valence-electron chi connectivity index (χ4n) is 2.14. The van der Waals surface area contributed by atoms with E-state index >= 15 is 0 Å². The number of amides is 1. The lowest BCUT2D eigenvalue weighted by atomic mass is 10.1. The number of morpholine rings is 1. The predicted octanol–water partition coefficient (Wildman–Crippen LogP) is 2.03. The van der Waals surface area contributed by atoms with Crippen LogP contribution in [0.5, 0.6) is 0 Å². The Hall–Kier alpha value is -0.810. The van der Waals surface area contributed by atoms with Crippen LogP contribution in [0.1, 0.15) is 12.5 Å². The lowest BCUT2D eigenvalue weighted by Crippen LogP contribution is -2.50. The maximum absolute atomic E-state index is 12.0. The number of carbonyl (C=O) groups is 1. The molecule has 4 nitrogen and oxygen atoms in total. The summed E-state index contributed by atoms with van der Waals surface area (Å²) < 4.78 is 5.41. The second-order valence-electron chi connectivity index (χ2n) is 4.91. The van der Waals surface area contributed by atoms with Crippen molar-refractivity contribution in [1.29, 1.82) is 0 Å². The van der Waals surface area contributed by atoms with Gasteiger partial charge in [0.05, 0.1) is 6.61 Å². The normalized spacial score (nSPS) is 20.4. The molecule has 6 heteroatoms. The first-order chi connectivity index (χ1) is 9.56. The lowest BCUT2D eigenvalue weighted by molar-refractivity contribution is -0.134. The Morgan fingerprint density at radius 2 is 2.35 bits per heavy atom. The second kappa shape index (κ2) is 7.27. The quantitative estimate of drug-likeness (QED) is 0.893. The zero-order chi connectivity index (χ0) is 14.5. The van der Waals surface area contributed by atoms with Crippen LogP contribution in [0.3, 0.4) is 0 Å². The first-order valence-electron chi connectivity index (χ1n) is 6.63. The number of nitrogens with one attached hydrogen (secondary N) is 2. The standard InChI is InChI=1S/C14H18Cl2N2O2/c1-9(6-10-2-3-11(15)7-12(10)16)18-14(19)13-8-17-4-5-20-13/h2-3,7,9,13,17H,4-6,8H2,1H3,(H,18,19). The van der Waals surface area contributed by atoms with Crippen molar-refractivity contribution in [3.8, 4) is 0 Å². The van der Waals surface area contributed by atoms with Crippen LogP contribution in [-0.2, 0) is 16.0 Å². The van der Waals surface area contributed by atoms with Crippen molar-refractivity contribution in [3.05, 3.63) is 33.8 Å². The summed E-state index contributed by atoms with van der Waals surface area (Å²) in [4.78, 5) is 12.0. The highest BCUT2D eigenvalue weighted by Crippen LogP contribution is 2.22. The SMILES string of the molecule is CC(Cc1ccc(Cl)cc1Cl)NC(=O)C1CNCCO1. The van der Waals surface area contributed by atoms with E-state index in [0.29, 0.717) is 29.6 Å². The van der Waals surface area contributed by atoms with Crippen LogP contribution in [-0.4, -0.2) is 37.7 Å². The van der Waals surface area contributed by atoms with Gasteiger partial charge in [-0.15, -0.1) is 0 Å². The molecule has 0 bridgehead atoms. The molecule has 1 heterocycles. The van der Waals surface area contributed by atoms with Crippen molar-refractivity contribution in [2.75, 3.05) is 19.7 Å². The molecule has 1 aliphatic rings. The highest BCUT2D eigenvalue weighted by Gasteiger charge is 2.23. The minimum Gasteiger partial charge on any atom is -0.366 e. The minimum atomic E-state index is -0.410. The number of hydrogen-bond acceptors (Lipinski definition) is 3. The molecule has 1 aromatic carbocycles. The molecule has 20 heavy (non-hydrogen) atoms. The molecule has 110 valence electrons. The molecule has 1 amide bonds. The third kappa shape index (κ3) is 4.35. The topological polar surface area (TPSA) is 50.4 Å². The first kappa shape index (κ1) is 15.6. The maximum atomic E-state index is 12.0. The molecule has 1 aliphatic heterocycles. The number of ether oxygens (including phenoxy) is 1.